The van der Waals surface area contributed by atoms with E-state index in [0.29, 0.717) is 0 Å². The fraction of sp³-hybridized carbons (Fsp3) is 0.556. The molecule has 0 fully saturated rings. The summed E-state index contributed by atoms with van der Waals surface area (Å²) in [4.78, 5) is 8.95. The fourth-order valence-corrected chi connectivity index (χ4v) is 2.42. The third-order valence-electron chi connectivity index (χ3n) is 1.81. The fourth-order valence-electron chi connectivity index (χ4n) is 1.14. The minimum atomic E-state index is 0.874. The molecule has 1 N–H and O–H groups in total. The van der Waals surface area contributed by atoms with Gasteiger partial charge in [-0.05, 0) is 35.3 Å². The first kappa shape index (κ1) is 12.0. The third-order valence-corrected chi connectivity index (χ3v) is 3.49. The molecule has 0 atom stereocenters. The Balaban J connectivity index is 3.11. The van der Waals surface area contributed by atoms with Crippen molar-refractivity contribution in [2.45, 2.75) is 19.1 Å². The average Bonchev–Trinajstić information content (AvgIpc) is 2.20. The van der Waals surface area contributed by atoms with Crippen LogP contribution >= 0.6 is 34.4 Å². The van der Waals surface area contributed by atoms with Gasteiger partial charge in [0.2, 0.25) is 0 Å². The van der Waals surface area contributed by atoms with Crippen LogP contribution in [0.25, 0.3) is 0 Å². The van der Waals surface area contributed by atoms with Crippen molar-refractivity contribution in [3.63, 3.8) is 0 Å². The number of rotatable bonds is 4. The molecule has 0 aromatic carbocycles. The predicted octanol–water partition coefficient (Wildman–Crippen LogP) is 2.55. The monoisotopic (exact) mass is 323 g/mol. The highest BCUT2D eigenvalue weighted by molar-refractivity contribution is 14.1. The van der Waals surface area contributed by atoms with Crippen molar-refractivity contribution in [2.24, 2.45) is 0 Å². The lowest BCUT2D eigenvalue weighted by atomic mass is 10.3. The first-order valence-corrected chi connectivity index (χ1v) is 6.92. The molecule has 0 unspecified atom stereocenters. The number of hydrogen-bond donors (Lipinski definition) is 1. The zero-order valence-electron chi connectivity index (χ0n) is 8.59. The maximum absolute atomic E-state index is 4.51. The van der Waals surface area contributed by atoms with Gasteiger partial charge in [0, 0.05) is 7.05 Å². The van der Waals surface area contributed by atoms with Gasteiger partial charge in [-0.1, -0.05) is 6.92 Å². The van der Waals surface area contributed by atoms with Crippen LogP contribution in [0.5, 0.6) is 0 Å². The first-order valence-electron chi connectivity index (χ1n) is 4.44. The standard InChI is InChI=1S/C9H14IN3S/c1-4-6-8(10)9(11-2)13-7(12-6)5-14-3/h4-5H2,1-3H3,(H,11,12,13). The van der Waals surface area contributed by atoms with Crippen molar-refractivity contribution in [1.82, 2.24) is 9.97 Å². The molecule has 0 spiro atoms. The largest absolute Gasteiger partial charge is 0.372 e. The second-order valence-corrected chi connectivity index (χ2v) is 4.73. The Bertz CT molecular complexity index is 292. The topological polar surface area (TPSA) is 37.8 Å². The van der Waals surface area contributed by atoms with Crippen LogP contribution in [0.4, 0.5) is 5.82 Å². The molecule has 1 rings (SSSR count). The Kier molecular flexibility index (Phi) is 4.94. The second-order valence-electron chi connectivity index (χ2n) is 2.79. The number of aryl methyl sites for hydroxylation is 1. The molecule has 0 amide bonds. The van der Waals surface area contributed by atoms with Gasteiger partial charge in [0.05, 0.1) is 15.0 Å². The van der Waals surface area contributed by atoms with Crippen molar-refractivity contribution < 1.29 is 0 Å². The summed E-state index contributed by atoms with van der Waals surface area (Å²) >= 11 is 4.04. The van der Waals surface area contributed by atoms with Gasteiger partial charge >= 0.3 is 0 Å². The number of halogens is 1. The lowest BCUT2D eigenvalue weighted by molar-refractivity contribution is 0.929. The van der Waals surface area contributed by atoms with Crippen molar-refractivity contribution in [1.29, 1.82) is 0 Å². The predicted molar refractivity (Wildman–Crippen MR) is 70.9 cm³/mol. The summed E-state index contributed by atoms with van der Waals surface area (Å²) in [6, 6.07) is 0. The molecule has 0 aliphatic heterocycles. The summed E-state index contributed by atoms with van der Waals surface area (Å²) in [5, 5.41) is 3.10. The molecular formula is C9H14IN3S. The van der Waals surface area contributed by atoms with Gasteiger partial charge < -0.3 is 5.32 Å². The quantitative estimate of drug-likeness (QED) is 0.864. The minimum absolute atomic E-state index is 0.874. The molecule has 1 aromatic heterocycles. The van der Waals surface area contributed by atoms with E-state index in [9.17, 15) is 0 Å². The number of thioether (sulfide) groups is 1. The van der Waals surface area contributed by atoms with Crippen LogP contribution in [0.15, 0.2) is 0 Å². The lowest BCUT2D eigenvalue weighted by Gasteiger charge is -2.09. The van der Waals surface area contributed by atoms with Crippen molar-refractivity contribution in [3.8, 4) is 0 Å². The third kappa shape index (κ3) is 2.73. The average molecular weight is 323 g/mol. The van der Waals surface area contributed by atoms with Crippen molar-refractivity contribution >= 4 is 40.2 Å². The molecular weight excluding hydrogens is 309 g/mol. The maximum atomic E-state index is 4.51. The maximum Gasteiger partial charge on any atom is 0.143 e. The van der Waals surface area contributed by atoms with Gasteiger partial charge in [0.1, 0.15) is 11.6 Å². The Morgan fingerprint density at radius 3 is 2.64 bits per heavy atom. The van der Waals surface area contributed by atoms with Crippen LogP contribution in [-0.2, 0) is 12.2 Å². The Hall–Kier alpha value is -0.0400. The number of anilines is 1. The van der Waals surface area contributed by atoms with Crippen LogP contribution in [0.1, 0.15) is 18.4 Å². The molecule has 1 heterocycles. The summed E-state index contributed by atoms with van der Waals surface area (Å²) in [6.45, 7) is 2.12. The number of nitrogens with zero attached hydrogens (tertiary/aromatic N) is 2. The van der Waals surface area contributed by atoms with E-state index in [1.54, 1.807) is 11.8 Å². The van der Waals surface area contributed by atoms with Gasteiger partial charge in [0.25, 0.3) is 0 Å². The Morgan fingerprint density at radius 1 is 1.43 bits per heavy atom. The SMILES string of the molecule is CCc1nc(CSC)nc(NC)c1I. The molecule has 0 saturated heterocycles. The van der Waals surface area contributed by atoms with Gasteiger partial charge in [-0.2, -0.15) is 11.8 Å². The molecule has 0 aliphatic rings. The smallest absolute Gasteiger partial charge is 0.143 e. The van der Waals surface area contributed by atoms with Crippen LogP contribution in [0.3, 0.4) is 0 Å². The molecule has 0 radical (unpaired) electrons. The summed E-state index contributed by atoms with van der Waals surface area (Å²) in [6.07, 6.45) is 3.02. The summed E-state index contributed by atoms with van der Waals surface area (Å²) in [5.74, 6) is 2.74. The zero-order chi connectivity index (χ0) is 10.6. The van der Waals surface area contributed by atoms with E-state index < -0.39 is 0 Å². The van der Waals surface area contributed by atoms with Gasteiger partial charge in [-0.25, -0.2) is 9.97 Å². The zero-order valence-corrected chi connectivity index (χ0v) is 11.6. The molecule has 78 valence electrons. The van der Waals surface area contributed by atoms with E-state index in [0.717, 1.165) is 33.1 Å². The van der Waals surface area contributed by atoms with Crippen molar-refractivity contribution in [2.75, 3.05) is 18.6 Å². The van der Waals surface area contributed by atoms with Crippen molar-refractivity contribution in [3.05, 3.63) is 15.1 Å². The van der Waals surface area contributed by atoms with E-state index >= 15 is 0 Å². The molecule has 0 saturated carbocycles. The molecule has 0 aliphatic carbocycles. The number of nitrogens with one attached hydrogen (secondary N) is 1. The minimum Gasteiger partial charge on any atom is -0.372 e. The van der Waals surface area contributed by atoms with Crippen LogP contribution < -0.4 is 5.32 Å². The number of aromatic nitrogens is 2. The van der Waals surface area contributed by atoms with Crippen LogP contribution in [-0.4, -0.2) is 23.3 Å². The normalized spacial score (nSPS) is 10.3. The highest BCUT2D eigenvalue weighted by Crippen LogP contribution is 2.20. The van der Waals surface area contributed by atoms with Crippen LogP contribution in [0.2, 0.25) is 0 Å². The summed E-state index contributed by atoms with van der Waals surface area (Å²) in [7, 11) is 1.90. The van der Waals surface area contributed by atoms with Crippen LogP contribution in [0, 0.1) is 3.57 Å². The lowest BCUT2D eigenvalue weighted by Crippen LogP contribution is -2.06. The summed E-state index contributed by atoms with van der Waals surface area (Å²) < 4.78 is 1.14. The van der Waals surface area contributed by atoms with E-state index in [1.807, 2.05) is 7.05 Å². The Morgan fingerprint density at radius 2 is 2.14 bits per heavy atom. The first-order chi connectivity index (χ1) is 6.72. The molecule has 3 nitrogen and oxygen atoms in total. The summed E-state index contributed by atoms with van der Waals surface area (Å²) in [5.41, 5.74) is 1.13. The molecule has 14 heavy (non-hydrogen) atoms. The molecule has 0 bridgehead atoms. The van der Waals surface area contributed by atoms with E-state index in [-0.39, 0.29) is 0 Å². The highest BCUT2D eigenvalue weighted by atomic mass is 127. The molecule has 1 aromatic rings. The van der Waals surface area contributed by atoms with E-state index in [4.69, 9.17) is 0 Å². The second kappa shape index (κ2) is 5.75. The Labute approximate surface area is 103 Å². The van der Waals surface area contributed by atoms with E-state index in [1.165, 1.54) is 0 Å². The van der Waals surface area contributed by atoms with Gasteiger partial charge in [-0.3, -0.25) is 0 Å². The molecule has 5 heteroatoms. The van der Waals surface area contributed by atoms with E-state index in [2.05, 4.69) is 51.1 Å². The highest BCUT2D eigenvalue weighted by Gasteiger charge is 2.09. The van der Waals surface area contributed by atoms with Gasteiger partial charge in [0.15, 0.2) is 0 Å². The number of hydrogen-bond acceptors (Lipinski definition) is 4. The van der Waals surface area contributed by atoms with Gasteiger partial charge in [-0.15, -0.1) is 0 Å².